The minimum absolute atomic E-state index is 0.220. The summed E-state index contributed by atoms with van der Waals surface area (Å²) in [6.45, 7) is 6.90. The molecule has 0 bridgehead atoms. The molecule has 1 aromatic rings. The van der Waals surface area contributed by atoms with E-state index in [0.717, 1.165) is 42.7 Å². The van der Waals surface area contributed by atoms with Crippen LogP contribution >= 0.6 is 0 Å². The lowest BCUT2D eigenvalue weighted by Crippen LogP contribution is -2.47. The molecule has 1 saturated heterocycles. The summed E-state index contributed by atoms with van der Waals surface area (Å²) in [7, 11) is 0. The summed E-state index contributed by atoms with van der Waals surface area (Å²) in [5.74, 6) is 0.241. The fourth-order valence-corrected chi connectivity index (χ4v) is 2.85. The Morgan fingerprint density at radius 2 is 1.90 bits per heavy atom. The average Bonchev–Trinajstić information content (AvgIpc) is 2.52. The third-order valence-corrected chi connectivity index (χ3v) is 4.38. The van der Waals surface area contributed by atoms with Gasteiger partial charge in [-0.2, -0.15) is 0 Å². The van der Waals surface area contributed by atoms with E-state index in [1.807, 2.05) is 30.3 Å². The van der Waals surface area contributed by atoms with Gasteiger partial charge in [0, 0.05) is 12.8 Å². The van der Waals surface area contributed by atoms with Crippen molar-refractivity contribution < 1.29 is 14.5 Å². The Morgan fingerprint density at radius 3 is 2.50 bits per heavy atom. The van der Waals surface area contributed by atoms with Crippen molar-refractivity contribution in [2.45, 2.75) is 44.5 Å². The van der Waals surface area contributed by atoms with Gasteiger partial charge in [-0.1, -0.05) is 43.8 Å². The van der Waals surface area contributed by atoms with Crippen LogP contribution in [-0.2, 0) is 14.5 Å². The first-order valence-corrected chi connectivity index (χ1v) is 7.41. The highest BCUT2D eigenvalue weighted by Crippen LogP contribution is 2.39. The van der Waals surface area contributed by atoms with E-state index in [0.29, 0.717) is 6.61 Å². The molecular weight excluding hydrogens is 252 g/mol. The number of hydrogen-bond acceptors (Lipinski definition) is 3. The maximum absolute atomic E-state index is 6.00. The summed E-state index contributed by atoms with van der Waals surface area (Å²) in [6, 6.07) is 10.0. The van der Waals surface area contributed by atoms with Crippen LogP contribution in [0.15, 0.2) is 36.9 Å². The minimum Gasteiger partial charge on any atom is -0.344 e. The zero-order valence-electron chi connectivity index (χ0n) is 12.0. The van der Waals surface area contributed by atoms with Gasteiger partial charge >= 0.3 is 0 Å². The SMILES string of the molecule is C=C(c1ccccc1)C1COC2(CCC(C)CC2)OO1. The molecule has 0 N–H and O–H groups in total. The van der Waals surface area contributed by atoms with Gasteiger partial charge in [0.2, 0.25) is 5.79 Å². The monoisotopic (exact) mass is 274 g/mol. The normalized spacial score (nSPS) is 34.0. The highest BCUT2D eigenvalue weighted by Gasteiger charge is 2.42. The van der Waals surface area contributed by atoms with E-state index < -0.39 is 5.79 Å². The first kappa shape index (κ1) is 13.8. The fraction of sp³-hybridized carbons (Fsp3) is 0.529. The van der Waals surface area contributed by atoms with Gasteiger partial charge in [-0.25, -0.2) is 9.78 Å². The molecule has 1 aromatic carbocycles. The smallest absolute Gasteiger partial charge is 0.201 e. The highest BCUT2D eigenvalue weighted by atomic mass is 17.2. The van der Waals surface area contributed by atoms with Gasteiger partial charge in [0.25, 0.3) is 0 Å². The van der Waals surface area contributed by atoms with Gasteiger partial charge in [0.15, 0.2) is 0 Å². The fourth-order valence-electron chi connectivity index (χ4n) is 2.85. The molecule has 1 aliphatic heterocycles. The number of hydrogen-bond donors (Lipinski definition) is 0. The van der Waals surface area contributed by atoms with Gasteiger partial charge in [0.1, 0.15) is 6.10 Å². The van der Waals surface area contributed by atoms with E-state index >= 15 is 0 Å². The van der Waals surface area contributed by atoms with Crippen LogP contribution in [0, 0.1) is 5.92 Å². The molecular formula is C17H22O3. The van der Waals surface area contributed by atoms with Crippen LogP contribution in [0.25, 0.3) is 5.57 Å². The molecule has 2 fully saturated rings. The average molecular weight is 274 g/mol. The van der Waals surface area contributed by atoms with E-state index in [-0.39, 0.29) is 6.10 Å². The first-order chi connectivity index (χ1) is 9.69. The van der Waals surface area contributed by atoms with E-state index in [4.69, 9.17) is 14.5 Å². The third kappa shape index (κ3) is 2.80. The second-order valence-electron chi connectivity index (χ2n) is 5.96. The standard InChI is InChI=1S/C17H22O3/c1-13-8-10-17(11-9-13)18-12-16(19-20-17)14(2)15-6-4-3-5-7-15/h3-7,13,16H,2,8-12H2,1H3. The zero-order chi connectivity index (χ0) is 14.0. The molecule has 1 spiro atoms. The van der Waals surface area contributed by atoms with E-state index in [1.54, 1.807) is 0 Å². The van der Waals surface area contributed by atoms with Crippen molar-refractivity contribution in [2.75, 3.05) is 6.61 Å². The third-order valence-electron chi connectivity index (χ3n) is 4.38. The molecule has 0 radical (unpaired) electrons. The second-order valence-corrected chi connectivity index (χ2v) is 5.96. The van der Waals surface area contributed by atoms with Crippen molar-refractivity contribution in [3.63, 3.8) is 0 Å². The summed E-state index contributed by atoms with van der Waals surface area (Å²) >= 11 is 0. The van der Waals surface area contributed by atoms with Crippen molar-refractivity contribution in [3.05, 3.63) is 42.5 Å². The van der Waals surface area contributed by atoms with Crippen LogP contribution in [0.5, 0.6) is 0 Å². The van der Waals surface area contributed by atoms with Crippen molar-refractivity contribution in [1.82, 2.24) is 0 Å². The lowest BCUT2D eigenvalue weighted by Gasteiger charge is -2.42. The van der Waals surface area contributed by atoms with Crippen molar-refractivity contribution in [2.24, 2.45) is 5.92 Å². The van der Waals surface area contributed by atoms with Crippen LogP contribution in [0.4, 0.5) is 0 Å². The Balaban J connectivity index is 1.60. The molecule has 1 heterocycles. The van der Waals surface area contributed by atoms with Crippen molar-refractivity contribution in [1.29, 1.82) is 0 Å². The second kappa shape index (κ2) is 5.68. The predicted octanol–water partition coefficient (Wildman–Crippen LogP) is 3.95. The maximum Gasteiger partial charge on any atom is 0.201 e. The van der Waals surface area contributed by atoms with Crippen molar-refractivity contribution in [3.8, 4) is 0 Å². The van der Waals surface area contributed by atoms with Gasteiger partial charge < -0.3 is 4.74 Å². The highest BCUT2D eigenvalue weighted by molar-refractivity contribution is 5.66. The van der Waals surface area contributed by atoms with Gasteiger partial charge in [-0.05, 0) is 29.9 Å². The topological polar surface area (TPSA) is 27.7 Å². The Hall–Kier alpha value is -1.16. The number of rotatable bonds is 2. The summed E-state index contributed by atoms with van der Waals surface area (Å²) < 4.78 is 6.00. The summed E-state index contributed by atoms with van der Waals surface area (Å²) in [4.78, 5) is 11.2. The molecule has 0 amide bonds. The Bertz CT molecular complexity index is 450. The molecule has 3 heteroatoms. The molecule has 1 saturated carbocycles. The first-order valence-electron chi connectivity index (χ1n) is 7.41. The van der Waals surface area contributed by atoms with Gasteiger partial charge in [-0.3, -0.25) is 0 Å². The molecule has 1 unspecified atom stereocenters. The van der Waals surface area contributed by atoms with Gasteiger partial charge in [0.05, 0.1) is 6.61 Å². The zero-order valence-corrected chi connectivity index (χ0v) is 12.0. The van der Waals surface area contributed by atoms with Crippen LogP contribution in [-0.4, -0.2) is 18.5 Å². The molecule has 2 aliphatic rings. The van der Waals surface area contributed by atoms with Crippen LogP contribution < -0.4 is 0 Å². The molecule has 0 aromatic heterocycles. The predicted molar refractivity (Wildman–Crippen MR) is 77.7 cm³/mol. The van der Waals surface area contributed by atoms with E-state index in [2.05, 4.69) is 13.5 Å². The number of benzene rings is 1. The molecule has 3 rings (SSSR count). The van der Waals surface area contributed by atoms with Crippen LogP contribution in [0.2, 0.25) is 0 Å². The summed E-state index contributed by atoms with van der Waals surface area (Å²) in [5.41, 5.74) is 1.97. The molecule has 108 valence electrons. The van der Waals surface area contributed by atoms with Gasteiger partial charge in [-0.15, -0.1) is 0 Å². The maximum atomic E-state index is 6.00. The molecule has 1 atom stereocenters. The summed E-state index contributed by atoms with van der Waals surface area (Å²) in [5, 5.41) is 0. The van der Waals surface area contributed by atoms with Crippen LogP contribution in [0.1, 0.15) is 38.2 Å². The number of ether oxygens (including phenoxy) is 1. The Morgan fingerprint density at radius 1 is 1.20 bits per heavy atom. The molecule has 3 nitrogen and oxygen atoms in total. The Kier molecular flexibility index (Phi) is 3.92. The minimum atomic E-state index is -0.514. The lowest BCUT2D eigenvalue weighted by molar-refractivity contribution is -0.484. The summed E-state index contributed by atoms with van der Waals surface area (Å²) in [6.07, 6.45) is 3.88. The largest absolute Gasteiger partial charge is 0.344 e. The van der Waals surface area contributed by atoms with Crippen LogP contribution in [0.3, 0.4) is 0 Å². The quantitative estimate of drug-likeness (QED) is 0.764. The molecule has 1 aliphatic carbocycles. The molecule has 20 heavy (non-hydrogen) atoms. The van der Waals surface area contributed by atoms with E-state index in [9.17, 15) is 0 Å². The lowest BCUT2D eigenvalue weighted by atomic mass is 9.86. The van der Waals surface area contributed by atoms with Crippen molar-refractivity contribution >= 4 is 5.57 Å². The van der Waals surface area contributed by atoms with E-state index in [1.165, 1.54) is 0 Å². The Labute approximate surface area is 120 Å².